The summed E-state index contributed by atoms with van der Waals surface area (Å²) in [6, 6.07) is 11.4. The predicted molar refractivity (Wildman–Crippen MR) is 106 cm³/mol. The second-order valence-electron chi connectivity index (χ2n) is 6.30. The number of rotatable bonds is 7. The first-order valence-electron chi connectivity index (χ1n) is 8.78. The van der Waals surface area contributed by atoms with E-state index in [9.17, 15) is 14.4 Å². The molecule has 4 amide bonds. The minimum absolute atomic E-state index is 0.290. The average Bonchev–Trinajstić information content (AvgIpc) is 2.92. The number of amides is 4. The first-order chi connectivity index (χ1) is 13.5. The fraction of sp³-hybridized carbons (Fsp3) is 0.250. The maximum absolute atomic E-state index is 12.5. The maximum atomic E-state index is 12.5. The normalized spacial score (nSPS) is 12.9. The number of urea groups is 1. The molecule has 3 rings (SSSR count). The van der Waals surface area contributed by atoms with E-state index < -0.39 is 6.03 Å². The molecule has 146 valence electrons. The number of methoxy groups -OCH3 is 1. The molecule has 0 aromatic heterocycles. The van der Waals surface area contributed by atoms with Gasteiger partial charge in [0.2, 0.25) is 0 Å². The SMILES string of the molecule is COCCCN1C(=O)c2ccc(NC(=O)NCc3ccc(Cl)cc3)cc2C1=O. The summed E-state index contributed by atoms with van der Waals surface area (Å²) < 4.78 is 4.96. The van der Waals surface area contributed by atoms with E-state index >= 15 is 0 Å². The van der Waals surface area contributed by atoms with Crippen LogP contribution in [0.3, 0.4) is 0 Å². The number of nitrogens with one attached hydrogen (secondary N) is 2. The summed E-state index contributed by atoms with van der Waals surface area (Å²) in [6.45, 7) is 1.09. The maximum Gasteiger partial charge on any atom is 0.319 e. The van der Waals surface area contributed by atoms with Crippen LogP contribution in [-0.2, 0) is 11.3 Å². The van der Waals surface area contributed by atoms with Gasteiger partial charge in [0.15, 0.2) is 0 Å². The molecule has 2 aromatic carbocycles. The van der Waals surface area contributed by atoms with Gasteiger partial charge in [0, 0.05) is 37.5 Å². The van der Waals surface area contributed by atoms with Crippen molar-refractivity contribution in [2.75, 3.05) is 25.6 Å². The van der Waals surface area contributed by atoms with Crippen LogP contribution < -0.4 is 10.6 Å². The number of carbonyl (C=O) groups is 3. The molecule has 0 atom stereocenters. The molecule has 0 spiro atoms. The van der Waals surface area contributed by atoms with Crippen molar-refractivity contribution in [2.45, 2.75) is 13.0 Å². The van der Waals surface area contributed by atoms with Crippen LogP contribution >= 0.6 is 11.6 Å². The van der Waals surface area contributed by atoms with E-state index in [2.05, 4.69) is 10.6 Å². The van der Waals surface area contributed by atoms with Crippen molar-refractivity contribution >= 4 is 35.1 Å². The Balaban J connectivity index is 1.61. The summed E-state index contributed by atoms with van der Waals surface area (Å²) in [5.41, 5.74) is 1.97. The summed E-state index contributed by atoms with van der Waals surface area (Å²) in [5.74, 6) is -0.684. The van der Waals surface area contributed by atoms with Crippen LogP contribution in [0, 0.1) is 0 Å². The van der Waals surface area contributed by atoms with E-state index in [4.69, 9.17) is 16.3 Å². The van der Waals surface area contributed by atoms with E-state index in [0.717, 1.165) is 5.56 Å². The van der Waals surface area contributed by atoms with Gasteiger partial charge in [-0.25, -0.2) is 4.79 Å². The number of hydrogen-bond donors (Lipinski definition) is 2. The van der Waals surface area contributed by atoms with Gasteiger partial charge >= 0.3 is 6.03 Å². The van der Waals surface area contributed by atoms with Gasteiger partial charge in [-0.05, 0) is 42.3 Å². The molecule has 0 unspecified atom stereocenters. The second-order valence-corrected chi connectivity index (χ2v) is 6.74. The molecule has 0 saturated carbocycles. The van der Waals surface area contributed by atoms with Crippen LogP contribution in [0.5, 0.6) is 0 Å². The Morgan fingerprint density at radius 2 is 1.79 bits per heavy atom. The first-order valence-corrected chi connectivity index (χ1v) is 9.16. The molecule has 0 radical (unpaired) electrons. The molecule has 0 saturated heterocycles. The minimum Gasteiger partial charge on any atom is -0.385 e. The molecule has 0 aliphatic carbocycles. The lowest BCUT2D eigenvalue weighted by molar-refractivity contribution is 0.0638. The number of nitrogens with zero attached hydrogens (tertiary/aromatic N) is 1. The molecule has 1 aliphatic heterocycles. The highest BCUT2D eigenvalue weighted by Crippen LogP contribution is 2.26. The molecule has 0 fully saturated rings. The topological polar surface area (TPSA) is 87.7 Å². The number of benzene rings is 2. The van der Waals surface area contributed by atoms with Gasteiger partial charge in [0.25, 0.3) is 11.8 Å². The summed E-state index contributed by atoms with van der Waals surface area (Å²) >= 11 is 5.83. The molecule has 1 aliphatic rings. The Bertz CT molecular complexity index is 899. The lowest BCUT2D eigenvalue weighted by atomic mass is 10.1. The Labute approximate surface area is 167 Å². The van der Waals surface area contributed by atoms with Crippen LogP contribution in [0.25, 0.3) is 0 Å². The molecular weight excluding hydrogens is 382 g/mol. The van der Waals surface area contributed by atoms with Crippen molar-refractivity contribution in [3.63, 3.8) is 0 Å². The van der Waals surface area contributed by atoms with Crippen molar-refractivity contribution in [1.82, 2.24) is 10.2 Å². The van der Waals surface area contributed by atoms with Crippen molar-refractivity contribution in [3.05, 3.63) is 64.2 Å². The summed E-state index contributed by atoms with van der Waals surface area (Å²) in [6.07, 6.45) is 0.570. The fourth-order valence-corrected chi connectivity index (χ4v) is 3.02. The van der Waals surface area contributed by atoms with E-state index in [-0.39, 0.29) is 17.4 Å². The Hall–Kier alpha value is -2.90. The Kier molecular flexibility index (Phi) is 6.28. The number of halogens is 1. The third-order valence-corrected chi connectivity index (χ3v) is 4.58. The largest absolute Gasteiger partial charge is 0.385 e. The van der Waals surface area contributed by atoms with Crippen LogP contribution in [0.15, 0.2) is 42.5 Å². The molecular formula is C20H20ClN3O4. The number of hydrogen-bond acceptors (Lipinski definition) is 4. The third-order valence-electron chi connectivity index (χ3n) is 4.33. The highest BCUT2D eigenvalue weighted by molar-refractivity contribution is 6.30. The monoisotopic (exact) mass is 401 g/mol. The smallest absolute Gasteiger partial charge is 0.319 e. The number of carbonyl (C=O) groups excluding carboxylic acids is 3. The molecule has 28 heavy (non-hydrogen) atoms. The predicted octanol–water partition coefficient (Wildman–Crippen LogP) is 3.29. The lowest BCUT2D eigenvalue weighted by Crippen LogP contribution is -2.31. The van der Waals surface area contributed by atoms with Gasteiger partial charge < -0.3 is 15.4 Å². The van der Waals surface area contributed by atoms with Crippen molar-refractivity contribution in [2.24, 2.45) is 0 Å². The van der Waals surface area contributed by atoms with Crippen LogP contribution in [0.2, 0.25) is 5.02 Å². The van der Waals surface area contributed by atoms with Gasteiger partial charge in [-0.2, -0.15) is 0 Å². The van der Waals surface area contributed by atoms with Gasteiger partial charge in [-0.3, -0.25) is 14.5 Å². The fourth-order valence-electron chi connectivity index (χ4n) is 2.90. The number of fused-ring (bicyclic) bond motifs is 1. The summed E-state index contributed by atoms with van der Waals surface area (Å²) in [7, 11) is 1.57. The van der Waals surface area contributed by atoms with Crippen molar-refractivity contribution in [1.29, 1.82) is 0 Å². The summed E-state index contributed by atoms with van der Waals surface area (Å²) in [5, 5.41) is 6.03. The van der Waals surface area contributed by atoms with Gasteiger partial charge in [0.1, 0.15) is 0 Å². The lowest BCUT2D eigenvalue weighted by Gasteiger charge is -2.12. The van der Waals surface area contributed by atoms with E-state index in [1.807, 2.05) is 12.1 Å². The van der Waals surface area contributed by atoms with Crippen LogP contribution in [0.1, 0.15) is 32.7 Å². The van der Waals surface area contributed by atoms with E-state index in [1.54, 1.807) is 31.4 Å². The Morgan fingerprint density at radius 3 is 2.50 bits per heavy atom. The zero-order valence-electron chi connectivity index (χ0n) is 15.3. The zero-order valence-corrected chi connectivity index (χ0v) is 16.1. The van der Waals surface area contributed by atoms with Crippen LogP contribution in [0.4, 0.5) is 10.5 Å². The summed E-state index contributed by atoms with van der Waals surface area (Å²) in [4.78, 5) is 38.2. The first kappa shape index (κ1) is 19.9. The molecule has 0 bridgehead atoms. The van der Waals surface area contributed by atoms with E-state index in [1.165, 1.54) is 11.0 Å². The quantitative estimate of drug-likeness (QED) is 0.550. The molecule has 2 N–H and O–H groups in total. The number of anilines is 1. The van der Waals surface area contributed by atoms with Gasteiger partial charge in [-0.15, -0.1) is 0 Å². The minimum atomic E-state index is -0.413. The Morgan fingerprint density at radius 1 is 1.07 bits per heavy atom. The number of imide groups is 1. The molecule has 1 heterocycles. The highest BCUT2D eigenvalue weighted by atomic mass is 35.5. The molecule has 2 aromatic rings. The second kappa shape index (κ2) is 8.86. The van der Waals surface area contributed by atoms with Gasteiger partial charge in [0.05, 0.1) is 11.1 Å². The van der Waals surface area contributed by atoms with Crippen LogP contribution in [-0.4, -0.2) is 43.0 Å². The standard InChI is InChI=1S/C20H20ClN3O4/c1-28-10-2-9-24-18(25)16-8-7-15(11-17(16)19(24)26)23-20(27)22-12-13-3-5-14(21)6-4-13/h3-8,11H,2,9-10,12H2,1H3,(H2,22,23,27). The average molecular weight is 402 g/mol. The van der Waals surface area contributed by atoms with E-state index in [0.29, 0.717) is 42.4 Å². The molecule has 8 heteroatoms. The van der Waals surface area contributed by atoms with Gasteiger partial charge in [-0.1, -0.05) is 23.7 Å². The van der Waals surface area contributed by atoms with Crippen molar-refractivity contribution < 1.29 is 19.1 Å². The number of ether oxygens (including phenoxy) is 1. The van der Waals surface area contributed by atoms with Crippen molar-refractivity contribution in [3.8, 4) is 0 Å². The zero-order chi connectivity index (χ0) is 20.1. The molecule has 7 nitrogen and oxygen atoms in total. The highest BCUT2D eigenvalue weighted by Gasteiger charge is 2.35. The third kappa shape index (κ3) is 4.49.